The van der Waals surface area contributed by atoms with Gasteiger partial charge in [-0.05, 0) is 150 Å². The fourth-order valence-corrected chi connectivity index (χ4v) is 10.4. The van der Waals surface area contributed by atoms with Crippen LogP contribution in [0.5, 0.6) is 0 Å². The van der Waals surface area contributed by atoms with Crippen molar-refractivity contribution in [3.05, 3.63) is 267 Å². The molecule has 0 saturated carbocycles. The summed E-state index contributed by atoms with van der Waals surface area (Å²) in [5.74, 6) is 0. The Hall–Kier alpha value is -8.98. The van der Waals surface area contributed by atoms with Gasteiger partial charge in [0.1, 0.15) is 0 Å². The number of aromatic nitrogens is 1. The molecule has 2 heteroatoms. The van der Waals surface area contributed by atoms with Gasteiger partial charge in [-0.25, -0.2) is 0 Å². The number of fused-ring (bicyclic) bond motifs is 7. The van der Waals surface area contributed by atoms with Crippen molar-refractivity contribution in [3.8, 4) is 50.2 Å². The molecule has 0 spiro atoms. The molecule has 0 unspecified atom stereocenters. The molecule has 318 valence electrons. The third-order valence-corrected chi connectivity index (χ3v) is 13.7. The summed E-state index contributed by atoms with van der Waals surface area (Å²) in [4.78, 5) is 2.39. The molecule has 0 bridgehead atoms. The van der Waals surface area contributed by atoms with Gasteiger partial charge in [0.2, 0.25) is 0 Å². The Morgan fingerprint density at radius 3 is 1.47 bits per heavy atom. The predicted octanol–water partition coefficient (Wildman–Crippen LogP) is 18.4. The summed E-state index contributed by atoms with van der Waals surface area (Å²) in [5, 5.41) is 10.0. The van der Waals surface area contributed by atoms with Gasteiger partial charge in [-0.15, -0.1) is 0 Å². The van der Waals surface area contributed by atoms with Gasteiger partial charge in [0, 0.05) is 33.5 Å². The van der Waals surface area contributed by atoms with E-state index in [1.165, 1.54) is 93.1 Å². The van der Waals surface area contributed by atoms with Crippen LogP contribution in [-0.4, -0.2) is 4.57 Å². The van der Waals surface area contributed by atoms with Gasteiger partial charge in [-0.3, -0.25) is 0 Å². The molecule has 13 aromatic rings. The summed E-state index contributed by atoms with van der Waals surface area (Å²) in [6, 6.07) is 97.5. The van der Waals surface area contributed by atoms with E-state index >= 15 is 0 Å². The van der Waals surface area contributed by atoms with Gasteiger partial charge in [-0.2, -0.15) is 0 Å². The summed E-state index contributed by atoms with van der Waals surface area (Å²) in [5.41, 5.74) is 16.3. The molecular formula is C66H44N2. The lowest BCUT2D eigenvalue weighted by Crippen LogP contribution is -2.10. The number of nitrogens with zero attached hydrogens (tertiary/aromatic N) is 2. The van der Waals surface area contributed by atoms with E-state index in [4.69, 9.17) is 0 Å². The molecule has 0 N–H and O–H groups in total. The van der Waals surface area contributed by atoms with Gasteiger partial charge >= 0.3 is 0 Å². The summed E-state index contributed by atoms with van der Waals surface area (Å²) in [6.07, 6.45) is 0. The third kappa shape index (κ3) is 6.90. The maximum absolute atomic E-state index is 2.42. The molecule has 13 rings (SSSR count). The lowest BCUT2D eigenvalue weighted by Gasteiger charge is -2.26. The first-order chi connectivity index (χ1) is 33.7. The fraction of sp³-hybridized carbons (Fsp3) is 0. The zero-order valence-electron chi connectivity index (χ0n) is 37.3. The first kappa shape index (κ1) is 39.4. The molecule has 1 heterocycles. The predicted molar refractivity (Wildman–Crippen MR) is 290 cm³/mol. The van der Waals surface area contributed by atoms with Crippen molar-refractivity contribution in [1.29, 1.82) is 0 Å². The van der Waals surface area contributed by atoms with E-state index in [1.54, 1.807) is 0 Å². The van der Waals surface area contributed by atoms with Gasteiger partial charge in [0.05, 0.1) is 11.0 Å². The Balaban J connectivity index is 0.930. The quantitative estimate of drug-likeness (QED) is 0.138. The largest absolute Gasteiger partial charge is 0.310 e. The minimum atomic E-state index is 1.09. The maximum Gasteiger partial charge on any atom is 0.0547 e. The van der Waals surface area contributed by atoms with Crippen LogP contribution in [0.1, 0.15) is 0 Å². The average Bonchev–Trinajstić information content (AvgIpc) is 3.74. The van der Waals surface area contributed by atoms with Crippen LogP contribution >= 0.6 is 0 Å². The first-order valence-electron chi connectivity index (χ1n) is 23.4. The van der Waals surface area contributed by atoms with Crippen LogP contribution < -0.4 is 4.90 Å². The molecule has 1 aromatic heterocycles. The second kappa shape index (κ2) is 16.5. The lowest BCUT2D eigenvalue weighted by molar-refractivity contribution is 1.18. The minimum Gasteiger partial charge on any atom is -0.310 e. The second-order valence-electron chi connectivity index (χ2n) is 17.7. The highest BCUT2D eigenvalue weighted by Gasteiger charge is 2.19. The van der Waals surface area contributed by atoms with Crippen LogP contribution in [0, 0.1) is 0 Å². The van der Waals surface area contributed by atoms with Crippen molar-refractivity contribution in [2.75, 3.05) is 4.90 Å². The highest BCUT2D eigenvalue weighted by molar-refractivity contribution is 6.19. The van der Waals surface area contributed by atoms with E-state index in [2.05, 4.69) is 276 Å². The maximum atomic E-state index is 2.42. The van der Waals surface area contributed by atoms with E-state index in [0.717, 1.165) is 28.3 Å². The number of hydrogen-bond acceptors (Lipinski definition) is 1. The SMILES string of the molecule is c1ccc(-c2ccc(-c3ccc(N(c4ccc(-c5ccc6c(ccc7ccccc76)c5)cc4)c4cccc(-c5cccc6c5c5cc7ccccc7cc5n6-c5ccccc5)c4)cc3)cc2)cc1. The molecular weight excluding hydrogens is 821 g/mol. The van der Waals surface area contributed by atoms with Crippen LogP contribution in [0.15, 0.2) is 267 Å². The molecule has 0 fully saturated rings. The van der Waals surface area contributed by atoms with Crippen molar-refractivity contribution < 1.29 is 0 Å². The Morgan fingerprint density at radius 2 is 0.765 bits per heavy atom. The summed E-state index contributed by atoms with van der Waals surface area (Å²) in [7, 11) is 0. The van der Waals surface area contributed by atoms with Gasteiger partial charge in [0.25, 0.3) is 0 Å². The Morgan fingerprint density at radius 1 is 0.250 bits per heavy atom. The van der Waals surface area contributed by atoms with E-state index in [0.29, 0.717) is 0 Å². The summed E-state index contributed by atoms with van der Waals surface area (Å²) in [6.45, 7) is 0. The Kier molecular flexibility index (Phi) is 9.54. The van der Waals surface area contributed by atoms with Gasteiger partial charge in [0.15, 0.2) is 0 Å². The normalized spacial score (nSPS) is 11.5. The number of anilines is 3. The van der Waals surface area contributed by atoms with Gasteiger partial charge < -0.3 is 9.47 Å². The van der Waals surface area contributed by atoms with Crippen LogP contribution in [-0.2, 0) is 0 Å². The van der Waals surface area contributed by atoms with Crippen molar-refractivity contribution in [1.82, 2.24) is 4.57 Å². The minimum absolute atomic E-state index is 1.09. The van der Waals surface area contributed by atoms with Crippen molar-refractivity contribution in [3.63, 3.8) is 0 Å². The standard InChI is InChI=1S/C66H44N2/c1-3-13-45(14-4-1)46-25-27-47(28-26-46)48-31-36-57(37-32-48)67(58-38-33-49(34-39-58)53-35-40-61-55(41-53)30-29-50-15-9-10-22-60(50)61)59-21-11-18-54(42-59)62-23-12-24-64-66(62)63-43-51-16-7-8-17-52(51)44-65(63)68(64)56-19-5-2-6-20-56/h1-44H. The molecule has 0 radical (unpaired) electrons. The summed E-state index contributed by atoms with van der Waals surface area (Å²) >= 11 is 0. The Bertz CT molecular complexity index is 3980. The molecule has 0 aliphatic heterocycles. The highest BCUT2D eigenvalue weighted by atomic mass is 15.1. The monoisotopic (exact) mass is 864 g/mol. The van der Waals surface area contributed by atoms with Crippen LogP contribution in [0.2, 0.25) is 0 Å². The number of benzene rings is 12. The lowest BCUT2D eigenvalue weighted by atomic mass is 9.97. The molecule has 12 aromatic carbocycles. The smallest absolute Gasteiger partial charge is 0.0547 e. The van der Waals surface area contributed by atoms with Crippen molar-refractivity contribution in [2.45, 2.75) is 0 Å². The molecule has 0 amide bonds. The molecule has 2 nitrogen and oxygen atoms in total. The average molecular weight is 865 g/mol. The van der Waals surface area contributed by atoms with Crippen LogP contribution in [0.4, 0.5) is 17.1 Å². The molecule has 0 atom stereocenters. The highest BCUT2D eigenvalue weighted by Crippen LogP contribution is 2.43. The van der Waals surface area contributed by atoms with E-state index < -0.39 is 0 Å². The molecule has 0 aliphatic rings. The van der Waals surface area contributed by atoms with E-state index in [1.807, 2.05) is 0 Å². The van der Waals surface area contributed by atoms with E-state index in [9.17, 15) is 0 Å². The van der Waals surface area contributed by atoms with Gasteiger partial charge in [-0.1, -0.05) is 194 Å². The molecule has 68 heavy (non-hydrogen) atoms. The van der Waals surface area contributed by atoms with E-state index in [-0.39, 0.29) is 0 Å². The number of rotatable bonds is 8. The molecule has 0 aliphatic carbocycles. The first-order valence-corrected chi connectivity index (χ1v) is 23.4. The number of para-hydroxylation sites is 1. The third-order valence-electron chi connectivity index (χ3n) is 13.7. The van der Waals surface area contributed by atoms with Crippen LogP contribution in [0.3, 0.4) is 0 Å². The second-order valence-corrected chi connectivity index (χ2v) is 17.7. The van der Waals surface area contributed by atoms with Crippen molar-refractivity contribution >= 4 is 71.2 Å². The zero-order chi connectivity index (χ0) is 45.0. The molecule has 0 saturated heterocycles. The Labute approximate surface area is 395 Å². The summed E-state index contributed by atoms with van der Waals surface area (Å²) < 4.78 is 2.42. The number of hydrogen-bond donors (Lipinski definition) is 0. The van der Waals surface area contributed by atoms with Crippen LogP contribution in [0.25, 0.3) is 104 Å². The zero-order valence-corrected chi connectivity index (χ0v) is 37.3. The topological polar surface area (TPSA) is 8.17 Å². The fourth-order valence-electron chi connectivity index (χ4n) is 10.4. The van der Waals surface area contributed by atoms with Crippen molar-refractivity contribution in [2.24, 2.45) is 0 Å².